The smallest absolute Gasteiger partial charge is 0.116 e. The highest BCUT2D eigenvalue weighted by Gasteiger charge is 2.02. The Balaban J connectivity index is 2.66. The zero-order valence-electron chi connectivity index (χ0n) is 6.79. The number of hydrogen-bond donors (Lipinski definition) is 2. The van der Waals surface area contributed by atoms with Gasteiger partial charge in [-0.1, -0.05) is 0 Å². The topological polar surface area (TPSA) is 54.7 Å². The number of thioether (sulfide) groups is 1. The van der Waals surface area contributed by atoms with Crippen LogP contribution in [-0.4, -0.2) is 16.2 Å². The van der Waals surface area contributed by atoms with Crippen molar-refractivity contribution in [2.24, 2.45) is 5.73 Å². The predicted octanol–water partition coefficient (Wildman–Crippen LogP) is 1.29. The Bertz CT molecular complexity index is 219. The SMILES string of the molecule is CSCc1ncc(C(C)N)[nH]1. The van der Waals surface area contributed by atoms with Gasteiger partial charge < -0.3 is 10.7 Å². The van der Waals surface area contributed by atoms with Crippen LogP contribution in [0.25, 0.3) is 0 Å². The molecule has 11 heavy (non-hydrogen) atoms. The van der Waals surface area contributed by atoms with E-state index in [0.717, 1.165) is 17.3 Å². The number of aromatic amines is 1. The molecule has 3 nitrogen and oxygen atoms in total. The standard InChI is InChI=1S/C7H13N3S/c1-5(8)6-3-9-7(10-6)4-11-2/h3,5H,4,8H2,1-2H3,(H,9,10). The molecule has 0 bridgehead atoms. The fourth-order valence-electron chi connectivity index (χ4n) is 0.820. The summed E-state index contributed by atoms with van der Waals surface area (Å²) in [6.07, 6.45) is 3.85. The third-order valence-corrected chi connectivity index (χ3v) is 1.98. The van der Waals surface area contributed by atoms with Crippen LogP contribution >= 0.6 is 11.8 Å². The molecule has 0 aliphatic heterocycles. The molecule has 1 unspecified atom stereocenters. The molecule has 0 amide bonds. The van der Waals surface area contributed by atoms with E-state index in [4.69, 9.17) is 5.73 Å². The van der Waals surface area contributed by atoms with E-state index in [1.165, 1.54) is 0 Å². The molecule has 3 N–H and O–H groups in total. The highest BCUT2D eigenvalue weighted by atomic mass is 32.2. The van der Waals surface area contributed by atoms with E-state index in [9.17, 15) is 0 Å². The summed E-state index contributed by atoms with van der Waals surface area (Å²) in [5.74, 6) is 1.93. The summed E-state index contributed by atoms with van der Waals surface area (Å²) >= 11 is 1.75. The minimum absolute atomic E-state index is 0.0538. The summed E-state index contributed by atoms with van der Waals surface area (Å²) in [4.78, 5) is 7.33. The van der Waals surface area contributed by atoms with Gasteiger partial charge in [-0.15, -0.1) is 0 Å². The summed E-state index contributed by atoms with van der Waals surface area (Å²) in [5.41, 5.74) is 6.65. The Morgan fingerprint density at radius 2 is 2.55 bits per heavy atom. The maximum absolute atomic E-state index is 5.65. The van der Waals surface area contributed by atoms with Crippen LogP contribution in [0.3, 0.4) is 0 Å². The van der Waals surface area contributed by atoms with Crippen LogP contribution in [-0.2, 0) is 5.75 Å². The predicted molar refractivity (Wildman–Crippen MR) is 48.4 cm³/mol. The lowest BCUT2D eigenvalue weighted by atomic mass is 10.3. The largest absolute Gasteiger partial charge is 0.344 e. The molecule has 1 rings (SSSR count). The van der Waals surface area contributed by atoms with Crippen LogP contribution in [0.2, 0.25) is 0 Å². The Labute approximate surface area is 70.8 Å². The van der Waals surface area contributed by atoms with Crippen LogP contribution in [0.4, 0.5) is 0 Å². The van der Waals surface area contributed by atoms with E-state index in [0.29, 0.717) is 0 Å². The van der Waals surface area contributed by atoms with Crippen molar-refractivity contribution in [3.8, 4) is 0 Å². The van der Waals surface area contributed by atoms with E-state index in [2.05, 4.69) is 9.97 Å². The first kappa shape index (κ1) is 8.62. The molecule has 1 aromatic heterocycles. The number of hydrogen-bond acceptors (Lipinski definition) is 3. The summed E-state index contributed by atoms with van der Waals surface area (Å²) in [6.45, 7) is 1.94. The van der Waals surface area contributed by atoms with Crippen molar-refractivity contribution in [1.82, 2.24) is 9.97 Å². The summed E-state index contributed by atoms with van der Waals surface area (Å²) in [6, 6.07) is 0.0538. The highest BCUT2D eigenvalue weighted by Crippen LogP contribution is 2.09. The third-order valence-electron chi connectivity index (χ3n) is 1.42. The fourth-order valence-corrected chi connectivity index (χ4v) is 1.24. The van der Waals surface area contributed by atoms with Gasteiger partial charge in [0.05, 0.1) is 11.4 Å². The second kappa shape index (κ2) is 3.78. The van der Waals surface area contributed by atoms with Crippen molar-refractivity contribution >= 4 is 11.8 Å². The van der Waals surface area contributed by atoms with Gasteiger partial charge >= 0.3 is 0 Å². The van der Waals surface area contributed by atoms with E-state index in [1.807, 2.05) is 13.2 Å². The molecule has 0 radical (unpaired) electrons. The van der Waals surface area contributed by atoms with E-state index in [-0.39, 0.29) is 6.04 Å². The van der Waals surface area contributed by atoms with Crippen molar-refractivity contribution in [1.29, 1.82) is 0 Å². The van der Waals surface area contributed by atoms with Crippen LogP contribution in [0.15, 0.2) is 6.20 Å². The van der Waals surface area contributed by atoms with Gasteiger partial charge in [-0.3, -0.25) is 0 Å². The number of nitrogens with one attached hydrogen (secondary N) is 1. The van der Waals surface area contributed by atoms with Crippen molar-refractivity contribution in [2.75, 3.05) is 6.26 Å². The molecule has 0 aromatic carbocycles. The molecular weight excluding hydrogens is 158 g/mol. The van der Waals surface area contributed by atoms with E-state index in [1.54, 1.807) is 18.0 Å². The number of H-pyrrole nitrogens is 1. The maximum atomic E-state index is 5.65. The number of imidazole rings is 1. The Kier molecular flexibility index (Phi) is 2.96. The number of nitrogens with two attached hydrogens (primary N) is 1. The molecule has 1 atom stereocenters. The van der Waals surface area contributed by atoms with Gasteiger partial charge in [0.15, 0.2) is 0 Å². The van der Waals surface area contributed by atoms with Gasteiger partial charge in [-0.2, -0.15) is 11.8 Å². The number of aromatic nitrogens is 2. The second-order valence-corrected chi connectivity index (χ2v) is 3.37. The molecule has 4 heteroatoms. The van der Waals surface area contributed by atoms with Crippen molar-refractivity contribution in [3.63, 3.8) is 0 Å². The monoisotopic (exact) mass is 171 g/mol. The van der Waals surface area contributed by atoms with Crippen molar-refractivity contribution in [3.05, 3.63) is 17.7 Å². The first-order valence-electron chi connectivity index (χ1n) is 3.52. The number of nitrogens with zero attached hydrogens (tertiary/aromatic N) is 1. The highest BCUT2D eigenvalue weighted by molar-refractivity contribution is 7.97. The van der Waals surface area contributed by atoms with Crippen LogP contribution < -0.4 is 5.73 Å². The van der Waals surface area contributed by atoms with Crippen LogP contribution in [0.1, 0.15) is 24.5 Å². The molecule has 0 saturated carbocycles. The van der Waals surface area contributed by atoms with Crippen molar-refractivity contribution in [2.45, 2.75) is 18.7 Å². The first-order chi connectivity index (χ1) is 5.24. The Morgan fingerprint density at radius 3 is 3.00 bits per heavy atom. The van der Waals surface area contributed by atoms with Gasteiger partial charge in [0.2, 0.25) is 0 Å². The lowest BCUT2D eigenvalue weighted by Crippen LogP contribution is -2.05. The quantitative estimate of drug-likeness (QED) is 0.720. The fraction of sp³-hybridized carbons (Fsp3) is 0.571. The van der Waals surface area contributed by atoms with Crippen molar-refractivity contribution < 1.29 is 0 Å². The Morgan fingerprint density at radius 1 is 1.82 bits per heavy atom. The molecule has 1 heterocycles. The molecule has 0 aliphatic carbocycles. The molecule has 0 saturated heterocycles. The van der Waals surface area contributed by atoms with Gasteiger partial charge in [-0.25, -0.2) is 4.98 Å². The average molecular weight is 171 g/mol. The van der Waals surface area contributed by atoms with Crippen LogP contribution in [0.5, 0.6) is 0 Å². The Hall–Kier alpha value is -0.480. The van der Waals surface area contributed by atoms with Gasteiger partial charge in [0.1, 0.15) is 5.82 Å². The second-order valence-electron chi connectivity index (χ2n) is 2.51. The molecule has 0 spiro atoms. The van der Waals surface area contributed by atoms with Crippen LogP contribution in [0, 0.1) is 0 Å². The minimum atomic E-state index is 0.0538. The number of rotatable bonds is 3. The van der Waals surface area contributed by atoms with E-state index < -0.39 is 0 Å². The van der Waals surface area contributed by atoms with Gasteiger partial charge in [0.25, 0.3) is 0 Å². The summed E-state index contributed by atoms with van der Waals surface area (Å²) in [5, 5.41) is 0. The lowest BCUT2D eigenvalue weighted by molar-refractivity contribution is 0.785. The molecule has 0 aliphatic rings. The zero-order valence-corrected chi connectivity index (χ0v) is 7.61. The zero-order chi connectivity index (χ0) is 8.27. The molecule has 0 fully saturated rings. The van der Waals surface area contributed by atoms with Gasteiger partial charge in [0, 0.05) is 12.2 Å². The first-order valence-corrected chi connectivity index (χ1v) is 4.91. The minimum Gasteiger partial charge on any atom is -0.344 e. The van der Waals surface area contributed by atoms with Gasteiger partial charge in [-0.05, 0) is 13.2 Å². The summed E-state index contributed by atoms with van der Waals surface area (Å²) < 4.78 is 0. The molecular formula is C7H13N3S. The third kappa shape index (κ3) is 2.24. The molecule has 62 valence electrons. The lowest BCUT2D eigenvalue weighted by Gasteiger charge is -1.98. The molecule has 1 aromatic rings. The van der Waals surface area contributed by atoms with E-state index >= 15 is 0 Å². The summed E-state index contributed by atoms with van der Waals surface area (Å²) in [7, 11) is 0. The average Bonchev–Trinajstić information content (AvgIpc) is 2.37. The maximum Gasteiger partial charge on any atom is 0.116 e. The normalized spacial score (nSPS) is 13.4.